The molecule has 1 rings (SSSR count). The lowest BCUT2D eigenvalue weighted by atomic mass is 10.3. The molecule has 0 aliphatic rings. The zero-order valence-electron chi connectivity index (χ0n) is 8.90. The lowest BCUT2D eigenvalue weighted by Gasteiger charge is -2.07. The fourth-order valence-corrected chi connectivity index (χ4v) is 1.32. The maximum atomic E-state index is 9.05. The molecule has 0 spiro atoms. The van der Waals surface area contributed by atoms with Crippen LogP contribution >= 0.6 is 0 Å². The first-order chi connectivity index (χ1) is 6.74. The zero-order valence-corrected chi connectivity index (χ0v) is 8.90. The summed E-state index contributed by atoms with van der Waals surface area (Å²) in [6.07, 6.45) is 2.38. The number of hydrogen-bond acceptors (Lipinski definition) is 3. The molecule has 4 nitrogen and oxygen atoms in total. The average molecular weight is 197 g/mol. The van der Waals surface area contributed by atoms with Gasteiger partial charge in [-0.3, -0.25) is 4.68 Å². The predicted molar refractivity (Wildman–Crippen MR) is 55.9 cm³/mol. The number of aliphatic hydroxyl groups is 1. The largest absolute Gasteiger partial charge is 0.393 e. The smallest absolute Gasteiger partial charge is 0.0524 e. The minimum Gasteiger partial charge on any atom is -0.393 e. The summed E-state index contributed by atoms with van der Waals surface area (Å²) >= 11 is 0. The Balaban J connectivity index is 2.24. The van der Waals surface area contributed by atoms with E-state index < -0.39 is 0 Å². The van der Waals surface area contributed by atoms with Crippen LogP contribution < -0.4 is 5.32 Å². The predicted octanol–water partition coefficient (Wildman–Crippen LogP) is 0.763. The minimum absolute atomic E-state index is 0.224. The third-order valence-electron chi connectivity index (χ3n) is 2.15. The van der Waals surface area contributed by atoms with E-state index in [4.69, 9.17) is 5.11 Å². The van der Waals surface area contributed by atoms with Crippen molar-refractivity contribution in [2.75, 3.05) is 6.54 Å². The normalized spacial score (nSPS) is 13.1. The van der Waals surface area contributed by atoms with Crippen LogP contribution in [-0.4, -0.2) is 27.5 Å². The Labute approximate surface area is 84.9 Å². The van der Waals surface area contributed by atoms with Crippen molar-refractivity contribution in [3.63, 3.8) is 0 Å². The molecule has 0 aromatic carbocycles. The first kappa shape index (κ1) is 11.2. The first-order valence-electron chi connectivity index (χ1n) is 5.13. The molecular formula is C10H19N3O. The Morgan fingerprint density at radius 3 is 3.07 bits per heavy atom. The Kier molecular flexibility index (Phi) is 4.62. The maximum absolute atomic E-state index is 9.05. The van der Waals surface area contributed by atoms with Gasteiger partial charge in [-0.15, -0.1) is 0 Å². The molecule has 0 amide bonds. The summed E-state index contributed by atoms with van der Waals surface area (Å²) in [5, 5.41) is 16.5. The second-order valence-electron chi connectivity index (χ2n) is 3.45. The number of aliphatic hydroxyl groups excluding tert-OH is 1. The highest BCUT2D eigenvalue weighted by Gasteiger charge is 2.00. The average Bonchev–Trinajstić information content (AvgIpc) is 2.59. The van der Waals surface area contributed by atoms with Crippen LogP contribution in [0.2, 0.25) is 0 Å². The van der Waals surface area contributed by atoms with E-state index in [0.29, 0.717) is 0 Å². The van der Waals surface area contributed by atoms with E-state index in [0.717, 1.165) is 26.1 Å². The van der Waals surface area contributed by atoms with Crippen LogP contribution in [0.15, 0.2) is 12.3 Å². The van der Waals surface area contributed by atoms with Crippen LogP contribution in [0, 0.1) is 0 Å². The second-order valence-corrected chi connectivity index (χ2v) is 3.45. The number of nitrogens with zero attached hydrogens (tertiary/aromatic N) is 2. The summed E-state index contributed by atoms with van der Waals surface area (Å²) in [6.45, 7) is 6.44. The first-order valence-corrected chi connectivity index (χ1v) is 5.13. The van der Waals surface area contributed by atoms with Crippen molar-refractivity contribution < 1.29 is 5.11 Å². The highest BCUT2D eigenvalue weighted by atomic mass is 16.3. The maximum Gasteiger partial charge on any atom is 0.0524 e. The Morgan fingerprint density at radius 2 is 2.43 bits per heavy atom. The molecule has 80 valence electrons. The van der Waals surface area contributed by atoms with E-state index in [2.05, 4.69) is 17.3 Å². The van der Waals surface area contributed by atoms with Crippen LogP contribution in [0.25, 0.3) is 0 Å². The van der Waals surface area contributed by atoms with Crippen molar-refractivity contribution in [1.29, 1.82) is 0 Å². The summed E-state index contributed by atoms with van der Waals surface area (Å²) in [5.41, 5.74) is 1.19. The molecule has 4 heteroatoms. The van der Waals surface area contributed by atoms with Gasteiger partial charge in [0.15, 0.2) is 0 Å². The van der Waals surface area contributed by atoms with Gasteiger partial charge in [0.25, 0.3) is 0 Å². The van der Waals surface area contributed by atoms with Crippen LogP contribution in [-0.2, 0) is 13.1 Å². The van der Waals surface area contributed by atoms with Gasteiger partial charge in [0, 0.05) is 19.3 Å². The molecule has 0 unspecified atom stereocenters. The van der Waals surface area contributed by atoms with Crippen LogP contribution in [0.1, 0.15) is 26.0 Å². The van der Waals surface area contributed by atoms with Gasteiger partial charge in [0.1, 0.15) is 0 Å². The second kappa shape index (κ2) is 5.78. The molecule has 1 aromatic heterocycles. The van der Waals surface area contributed by atoms with Gasteiger partial charge < -0.3 is 10.4 Å². The highest BCUT2D eigenvalue weighted by molar-refractivity contribution is 4.99. The van der Waals surface area contributed by atoms with Gasteiger partial charge in [-0.2, -0.15) is 5.10 Å². The van der Waals surface area contributed by atoms with E-state index >= 15 is 0 Å². The lowest BCUT2D eigenvalue weighted by Crippen LogP contribution is -2.20. The quantitative estimate of drug-likeness (QED) is 0.662. The third-order valence-corrected chi connectivity index (χ3v) is 2.15. The minimum atomic E-state index is -0.224. The van der Waals surface area contributed by atoms with Crippen molar-refractivity contribution in [2.45, 2.75) is 39.5 Å². The van der Waals surface area contributed by atoms with Gasteiger partial charge in [0.2, 0.25) is 0 Å². The summed E-state index contributed by atoms with van der Waals surface area (Å²) < 4.78 is 1.97. The van der Waals surface area contributed by atoms with E-state index in [1.54, 1.807) is 6.92 Å². The van der Waals surface area contributed by atoms with Gasteiger partial charge in [-0.25, -0.2) is 0 Å². The van der Waals surface area contributed by atoms with E-state index in [-0.39, 0.29) is 6.10 Å². The molecule has 1 atom stereocenters. The van der Waals surface area contributed by atoms with Crippen molar-refractivity contribution in [2.24, 2.45) is 0 Å². The number of aryl methyl sites for hydroxylation is 1. The van der Waals surface area contributed by atoms with Crippen LogP contribution in [0.3, 0.4) is 0 Å². The Bertz CT molecular complexity index is 258. The van der Waals surface area contributed by atoms with Crippen LogP contribution in [0.5, 0.6) is 0 Å². The molecule has 1 heterocycles. The molecule has 0 bridgehead atoms. The summed E-state index contributed by atoms with van der Waals surface area (Å²) in [5.74, 6) is 0. The molecule has 0 aliphatic heterocycles. The topological polar surface area (TPSA) is 50.1 Å². The SMILES string of the molecule is CCn1nccc1CNCC[C@@H](C)O. The monoisotopic (exact) mass is 197 g/mol. The van der Waals surface area contributed by atoms with Gasteiger partial charge in [-0.1, -0.05) is 0 Å². The summed E-state index contributed by atoms with van der Waals surface area (Å²) in [4.78, 5) is 0. The Hall–Kier alpha value is -0.870. The van der Waals surface area contributed by atoms with E-state index in [1.807, 2.05) is 16.9 Å². The van der Waals surface area contributed by atoms with Crippen molar-refractivity contribution >= 4 is 0 Å². The van der Waals surface area contributed by atoms with Crippen molar-refractivity contribution in [3.8, 4) is 0 Å². The molecule has 0 aliphatic carbocycles. The molecule has 0 fully saturated rings. The van der Waals surface area contributed by atoms with Gasteiger partial charge >= 0.3 is 0 Å². The molecule has 0 radical (unpaired) electrons. The van der Waals surface area contributed by atoms with Crippen molar-refractivity contribution in [3.05, 3.63) is 18.0 Å². The standard InChI is InChI=1S/C10H19N3O/c1-3-13-10(5-7-12-13)8-11-6-4-9(2)14/h5,7,9,11,14H,3-4,6,8H2,1-2H3/t9-/m1/s1. The Morgan fingerprint density at radius 1 is 1.64 bits per heavy atom. The number of aromatic nitrogens is 2. The molecule has 2 N–H and O–H groups in total. The zero-order chi connectivity index (χ0) is 10.4. The lowest BCUT2D eigenvalue weighted by molar-refractivity contribution is 0.183. The van der Waals surface area contributed by atoms with Crippen molar-refractivity contribution in [1.82, 2.24) is 15.1 Å². The molecule has 0 saturated carbocycles. The number of rotatable bonds is 6. The molecule has 1 aromatic rings. The fourth-order valence-electron chi connectivity index (χ4n) is 1.32. The molecular weight excluding hydrogens is 178 g/mol. The van der Waals surface area contributed by atoms with E-state index in [9.17, 15) is 0 Å². The van der Waals surface area contributed by atoms with Crippen LogP contribution in [0.4, 0.5) is 0 Å². The number of hydrogen-bond donors (Lipinski definition) is 2. The highest BCUT2D eigenvalue weighted by Crippen LogP contribution is 1.98. The third kappa shape index (κ3) is 3.47. The summed E-state index contributed by atoms with van der Waals surface area (Å²) in [6, 6.07) is 2.01. The van der Waals surface area contributed by atoms with E-state index in [1.165, 1.54) is 5.69 Å². The molecule has 14 heavy (non-hydrogen) atoms. The van der Waals surface area contributed by atoms with Gasteiger partial charge in [0.05, 0.1) is 11.8 Å². The fraction of sp³-hybridized carbons (Fsp3) is 0.700. The van der Waals surface area contributed by atoms with Gasteiger partial charge in [-0.05, 0) is 32.9 Å². The number of nitrogens with one attached hydrogen (secondary N) is 1. The summed E-state index contributed by atoms with van der Waals surface area (Å²) in [7, 11) is 0. The molecule has 0 saturated heterocycles.